The van der Waals surface area contributed by atoms with Crippen molar-refractivity contribution >= 4 is 35.3 Å². The third-order valence-electron chi connectivity index (χ3n) is 4.28. The molecule has 0 radical (unpaired) electrons. The lowest BCUT2D eigenvalue weighted by Gasteiger charge is -2.19. The van der Waals surface area contributed by atoms with Crippen LogP contribution in [0.3, 0.4) is 0 Å². The van der Waals surface area contributed by atoms with Gasteiger partial charge in [0.1, 0.15) is 0 Å². The van der Waals surface area contributed by atoms with Gasteiger partial charge in [0.05, 0.1) is 10.6 Å². The van der Waals surface area contributed by atoms with E-state index < -0.39 is 0 Å². The molecule has 5 heteroatoms. The van der Waals surface area contributed by atoms with Crippen molar-refractivity contribution in [3.8, 4) is 0 Å². The molecule has 0 saturated heterocycles. The van der Waals surface area contributed by atoms with E-state index in [1.54, 1.807) is 12.1 Å². The summed E-state index contributed by atoms with van der Waals surface area (Å²) in [6.07, 6.45) is 2.83. The summed E-state index contributed by atoms with van der Waals surface area (Å²) in [6.45, 7) is 6.93. The van der Waals surface area contributed by atoms with Crippen molar-refractivity contribution < 1.29 is 9.59 Å². The number of benzene rings is 2. The monoisotopic (exact) mass is 380 g/mol. The summed E-state index contributed by atoms with van der Waals surface area (Å²) in [4.78, 5) is 26.3. The van der Waals surface area contributed by atoms with Gasteiger partial charge in [0, 0.05) is 17.0 Å². The van der Waals surface area contributed by atoms with Crippen molar-refractivity contribution in [2.75, 3.05) is 11.9 Å². The van der Waals surface area contributed by atoms with Crippen molar-refractivity contribution in [1.82, 2.24) is 5.32 Å². The molecule has 1 aliphatic rings. The summed E-state index contributed by atoms with van der Waals surface area (Å²) in [5.74, 6) is 0.285. The van der Waals surface area contributed by atoms with E-state index in [2.05, 4.69) is 24.5 Å². The largest absolute Gasteiger partial charge is 0.352 e. The summed E-state index contributed by atoms with van der Waals surface area (Å²) in [7, 11) is 0. The Balaban J connectivity index is 1.75. The van der Waals surface area contributed by atoms with Gasteiger partial charge in [-0.3, -0.25) is 9.59 Å². The highest BCUT2D eigenvalue weighted by atomic mass is 32.2. The van der Waals surface area contributed by atoms with Crippen molar-refractivity contribution in [3.63, 3.8) is 0 Å². The first-order valence-corrected chi connectivity index (χ1v) is 9.94. The summed E-state index contributed by atoms with van der Waals surface area (Å²) in [6, 6.07) is 13.5. The summed E-state index contributed by atoms with van der Waals surface area (Å²) < 4.78 is 0. The fraction of sp³-hybridized carbons (Fsp3) is 0.273. The van der Waals surface area contributed by atoms with E-state index in [-0.39, 0.29) is 11.8 Å². The Morgan fingerprint density at radius 2 is 2.04 bits per heavy atom. The van der Waals surface area contributed by atoms with E-state index in [9.17, 15) is 9.59 Å². The first-order chi connectivity index (χ1) is 12.9. The Bertz CT molecular complexity index is 903. The van der Waals surface area contributed by atoms with Gasteiger partial charge < -0.3 is 10.6 Å². The summed E-state index contributed by atoms with van der Waals surface area (Å²) in [5.41, 5.74) is 3.39. The highest BCUT2D eigenvalue weighted by Crippen LogP contribution is 2.39. The molecule has 0 aromatic heterocycles. The van der Waals surface area contributed by atoms with E-state index >= 15 is 0 Å². The molecule has 0 saturated carbocycles. The number of carbonyl (C=O) groups is 2. The van der Waals surface area contributed by atoms with Crippen molar-refractivity contribution in [3.05, 3.63) is 64.1 Å². The molecule has 0 aliphatic carbocycles. The predicted molar refractivity (Wildman–Crippen MR) is 112 cm³/mol. The second-order valence-corrected chi connectivity index (χ2v) is 8.21. The molecule has 140 valence electrons. The van der Waals surface area contributed by atoms with E-state index in [0.29, 0.717) is 28.6 Å². The van der Waals surface area contributed by atoms with Gasteiger partial charge in [-0.05, 0) is 49.1 Å². The average Bonchev–Trinajstić information content (AvgIpc) is 2.61. The lowest BCUT2D eigenvalue weighted by Crippen LogP contribution is -2.26. The quantitative estimate of drug-likeness (QED) is 0.729. The van der Waals surface area contributed by atoms with Gasteiger partial charge in [0.15, 0.2) is 0 Å². The molecule has 2 amide bonds. The lowest BCUT2D eigenvalue weighted by molar-refractivity contribution is -0.112. The van der Waals surface area contributed by atoms with Crippen LogP contribution in [0.25, 0.3) is 6.08 Å². The van der Waals surface area contributed by atoms with E-state index in [1.807, 2.05) is 43.3 Å². The van der Waals surface area contributed by atoms with Crippen molar-refractivity contribution in [1.29, 1.82) is 0 Å². The molecule has 2 aromatic carbocycles. The van der Waals surface area contributed by atoms with Gasteiger partial charge in [0.25, 0.3) is 11.8 Å². The number of thioether (sulfide) groups is 1. The third kappa shape index (κ3) is 5.01. The Morgan fingerprint density at radius 3 is 2.78 bits per heavy atom. The maximum Gasteiger partial charge on any atom is 0.262 e. The smallest absolute Gasteiger partial charge is 0.262 e. The Labute approximate surface area is 164 Å². The van der Waals surface area contributed by atoms with Gasteiger partial charge in [-0.2, -0.15) is 0 Å². The number of nitrogens with one attached hydrogen (secondary N) is 2. The Hall–Kier alpha value is -2.53. The van der Waals surface area contributed by atoms with Gasteiger partial charge in [0.2, 0.25) is 0 Å². The zero-order chi connectivity index (χ0) is 19.4. The van der Waals surface area contributed by atoms with Crippen LogP contribution < -0.4 is 10.6 Å². The first-order valence-electron chi connectivity index (χ1n) is 9.12. The number of hydrogen-bond acceptors (Lipinski definition) is 3. The zero-order valence-electron chi connectivity index (χ0n) is 15.8. The van der Waals surface area contributed by atoms with Crippen LogP contribution in [0, 0.1) is 12.8 Å². The van der Waals surface area contributed by atoms with E-state index in [0.717, 1.165) is 22.4 Å². The molecule has 1 aliphatic heterocycles. The summed E-state index contributed by atoms with van der Waals surface area (Å²) >= 11 is 1.43. The number of amides is 2. The number of anilines is 1. The molecule has 0 bridgehead atoms. The topological polar surface area (TPSA) is 58.2 Å². The number of rotatable bonds is 5. The van der Waals surface area contributed by atoms with Crippen LogP contribution >= 0.6 is 11.8 Å². The molecule has 2 aromatic rings. The molecule has 0 spiro atoms. The lowest BCUT2D eigenvalue weighted by atomic mass is 10.1. The van der Waals surface area contributed by atoms with E-state index in [4.69, 9.17) is 0 Å². The number of carbonyl (C=O) groups excluding carboxylic acids is 2. The molecule has 1 heterocycles. The van der Waals surface area contributed by atoms with Crippen LogP contribution in [-0.4, -0.2) is 18.4 Å². The van der Waals surface area contributed by atoms with Crippen LogP contribution in [0.5, 0.6) is 0 Å². The van der Waals surface area contributed by atoms with Crippen LogP contribution in [0.1, 0.15) is 41.8 Å². The molecular formula is C22H24N2O2S. The predicted octanol–water partition coefficient (Wildman–Crippen LogP) is 4.86. The molecule has 27 heavy (non-hydrogen) atoms. The second-order valence-electron chi connectivity index (χ2n) is 7.13. The molecule has 0 fully saturated rings. The maximum atomic E-state index is 12.5. The van der Waals surface area contributed by atoms with Crippen LogP contribution in [0.15, 0.2) is 52.3 Å². The fourth-order valence-electron chi connectivity index (χ4n) is 2.79. The van der Waals surface area contributed by atoms with Crippen LogP contribution in [0.2, 0.25) is 0 Å². The minimum Gasteiger partial charge on any atom is -0.352 e. The van der Waals surface area contributed by atoms with Gasteiger partial charge in [-0.1, -0.05) is 55.4 Å². The molecule has 0 atom stereocenters. The van der Waals surface area contributed by atoms with Gasteiger partial charge in [-0.15, -0.1) is 0 Å². The minimum atomic E-state index is -0.147. The normalized spacial score (nSPS) is 14.8. The van der Waals surface area contributed by atoms with Gasteiger partial charge in [-0.25, -0.2) is 0 Å². The average molecular weight is 381 g/mol. The molecule has 0 unspecified atom stereocenters. The molecule has 2 N–H and O–H groups in total. The highest BCUT2D eigenvalue weighted by molar-refractivity contribution is 8.04. The van der Waals surface area contributed by atoms with Crippen molar-refractivity contribution in [2.45, 2.75) is 32.1 Å². The van der Waals surface area contributed by atoms with Crippen LogP contribution in [-0.2, 0) is 4.79 Å². The second kappa shape index (κ2) is 8.44. The Morgan fingerprint density at radius 1 is 1.22 bits per heavy atom. The number of fused-ring (bicyclic) bond motifs is 1. The molecular weight excluding hydrogens is 356 g/mol. The van der Waals surface area contributed by atoms with Crippen LogP contribution in [0.4, 0.5) is 5.69 Å². The number of hydrogen-bond donors (Lipinski definition) is 2. The minimum absolute atomic E-state index is 0.112. The maximum absolute atomic E-state index is 12.5. The standard InChI is InChI=1S/C22H24N2O2S/c1-14(2)9-10-23-21(25)17-7-8-19-18(13-17)24-22(26)20(27-19)12-16-6-4-5-15(3)11-16/h4-8,11-14H,9-10H2,1-3H3,(H,23,25)(H,24,26). The Kier molecular flexibility index (Phi) is 6.01. The molecule has 3 rings (SSSR count). The SMILES string of the molecule is Cc1cccc(C=C2Sc3ccc(C(=O)NCCC(C)C)cc3NC2=O)c1. The van der Waals surface area contributed by atoms with E-state index in [1.165, 1.54) is 11.8 Å². The molecule has 4 nitrogen and oxygen atoms in total. The third-order valence-corrected chi connectivity index (χ3v) is 5.38. The fourth-order valence-corrected chi connectivity index (χ4v) is 3.72. The van der Waals surface area contributed by atoms with Crippen molar-refractivity contribution in [2.24, 2.45) is 5.92 Å². The highest BCUT2D eigenvalue weighted by Gasteiger charge is 2.22. The zero-order valence-corrected chi connectivity index (χ0v) is 16.7. The summed E-state index contributed by atoms with van der Waals surface area (Å²) in [5, 5.41) is 5.83. The number of aryl methyl sites for hydroxylation is 1. The van der Waals surface area contributed by atoms with Gasteiger partial charge >= 0.3 is 0 Å². The first kappa shape index (κ1) is 19.2.